The maximum absolute atomic E-state index is 11.4. The first-order valence-corrected chi connectivity index (χ1v) is 9.31. The van der Waals surface area contributed by atoms with Crippen LogP contribution in [-0.2, 0) is 17.9 Å². The SMILES string of the molecule is CC(=O)N1CCC(NCc2cccnc2N(C)Cc2ccccc2)CC1. The van der Waals surface area contributed by atoms with Gasteiger partial charge in [0.1, 0.15) is 5.82 Å². The van der Waals surface area contributed by atoms with Crippen LogP contribution in [0.3, 0.4) is 0 Å². The van der Waals surface area contributed by atoms with E-state index >= 15 is 0 Å². The average Bonchev–Trinajstić information content (AvgIpc) is 2.67. The molecular formula is C21H28N4O. The van der Waals surface area contributed by atoms with Crippen molar-refractivity contribution in [2.24, 2.45) is 0 Å². The number of piperidine rings is 1. The number of anilines is 1. The lowest BCUT2D eigenvalue weighted by atomic mass is 10.0. The molecule has 0 aliphatic carbocycles. The Morgan fingerprint density at radius 1 is 1.19 bits per heavy atom. The van der Waals surface area contributed by atoms with Gasteiger partial charge in [-0.15, -0.1) is 0 Å². The summed E-state index contributed by atoms with van der Waals surface area (Å²) in [6, 6.07) is 15.0. The second kappa shape index (κ2) is 8.81. The molecule has 0 saturated carbocycles. The fraction of sp³-hybridized carbons (Fsp3) is 0.429. The van der Waals surface area contributed by atoms with Gasteiger partial charge in [0.15, 0.2) is 0 Å². The van der Waals surface area contributed by atoms with E-state index in [-0.39, 0.29) is 5.91 Å². The van der Waals surface area contributed by atoms with E-state index in [9.17, 15) is 4.79 Å². The third-order valence-corrected chi connectivity index (χ3v) is 5.01. The molecule has 1 aromatic carbocycles. The fourth-order valence-corrected chi connectivity index (χ4v) is 3.50. The highest BCUT2D eigenvalue weighted by atomic mass is 16.2. The van der Waals surface area contributed by atoms with E-state index in [0.717, 1.165) is 44.8 Å². The molecule has 0 spiro atoms. The summed E-state index contributed by atoms with van der Waals surface area (Å²) in [5.74, 6) is 1.20. The number of nitrogens with zero attached hydrogens (tertiary/aromatic N) is 3. The highest BCUT2D eigenvalue weighted by molar-refractivity contribution is 5.73. The molecule has 138 valence electrons. The molecule has 2 aromatic rings. The first kappa shape index (κ1) is 18.4. The molecule has 1 saturated heterocycles. The number of rotatable bonds is 6. The van der Waals surface area contributed by atoms with Crippen molar-refractivity contribution in [1.82, 2.24) is 15.2 Å². The smallest absolute Gasteiger partial charge is 0.219 e. The van der Waals surface area contributed by atoms with Crippen LogP contribution >= 0.6 is 0 Å². The number of aromatic nitrogens is 1. The molecule has 0 radical (unpaired) electrons. The summed E-state index contributed by atoms with van der Waals surface area (Å²) in [5.41, 5.74) is 2.48. The van der Waals surface area contributed by atoms with Crippen LogP contribution in [0.15, 0.2) is 48.7 Å². The van der Waals surface area contributed by atoms with Gasteiger partial charge in [-0.1, -0.05) is 36.4 Å². The van der Waals surface area contributed by atoms with Gasteiger partial charge in [0, 0.05) is 58.0 Å². The van der Waals surface area contributed by atoms with Gasteiger partial charge < -0.3 is 15.1 Å². The molecule has 1 aliphatic heterocycles. The monoisotopic (exact) mass is 352 g/mol. The molecule has 1 fully saturated rings. The quantitative estimate of drug-likeness (QED) is 0.868. The normalized spacial score (nSPS) is 15.1. The summed E-state index contributed by atoms with van der Waals surface area (Å²) in [5, 5.41) is 3.65. The Morgan fingerprint density at radius 3 is 2.62 bits per heavy atom. The number of hydrogen-bond donors (Lipinski definition) is 1. The third kappa shape index (κ3) is 4.82. The summed E-state index contributed by atoms with van der Waals surface area (Å²) in [6.45, 7) is 4.98. The Bertz CT molecular complexity index is 711. The topological polar surface area (TPSA) is 48.5 Å². The zero-order chi connectivity index (χ0) is 18.4. The number of benzene rings is 1. The molecule has 0 unspecified atom stereocenters. The maximum Gasteiger partial charge on any atom is 0.219 e. The van der Waals surface area contributed by atoms with Crippen LogP contribution in [0.4, 0.5) is 5.82 Å². The third-order valence-electron chi connectivity index (χ3n) is 5.01. The maximum atomic E-state index is 11.4. The highest BCUT2D eigenvalue weighted by Crippen LogP contribution is 2.19. The predicted octanol–water partition coefficient (Wildman–Crippen LogP) is 2.82. The molecule has 1 amide bonds. The minimum atomic E-state index is 0.181. The lowest BCUT2D eigenvalue weighted by Crippen LogP contribution is -2.44. The van der Waals surface area contributed by atoms with E-state index in [4.69, 9.17) is 0 Å². The molecule has 3 rings (SSSR count). The summed E-state index contributed by atoms with van der Waals surface area (Å²) in [6.07, 6.45) is 3.87. The van der Waals surface area contributed by atoms with Crippen molar-refractivity contribution >= 4 is 11.7 Å². The van der Waals surface area contributed by atoms with Crippen LogP contribution < -0.4 is 10.2 Å². The molecule has 1 N–H and O–H groups in total. The van der Waals surface area contributed by atoms with Crippen molar-refractivity contribution in [3.63, 3.8) is 0 Å². The standard InChI is InChI=1S/C21H28N4O/c1-17(26)25-13-10-20(11-14-25)23-15-19-9-6-12-22-21(19)24(2)16-18-7-4-3-5-8-18/h3-9,12,20,23H,10-11,13-16H2,1-2H3. The Morgan fingerprint density at radius 2 is 1.92 bits per heavy atom. The largest absolute Gasteiger partial charge is 0.355 e. The van der Waals surface area contributed by atoms with Crippen LogP contribution in [0.2, 0.25) is 0 Å². The number of nitrogens with one attached hydrogen (secondary N) is 1. The van der Waals surface area contributed by atoms with E-state index in [1.54, 1.807) is 6.92 Å². The molecular weight excluding hydrogens is 324 g/mol. The minimum Gasteiger partial charge on any atom is -0.355 e. The van der Waals surface area contributed by atoms with Crippen molar-refractivity contribution in [1.29, 1.82) is 0 Å². The first-order chi connectivity index (χ1) is 12.6. The van der Waals surface area contributed by atoms with Gasteiger partial charge in [0.2, 0.25) is 5.91 Å². The van der Waals surface area contributed by atoms with Crippen LogP contribution in [0.5, 0.6) is 0 Å². The fourth-order valence-electron chi connectivity index (χ4n) is 3.50. The van der Waals surface area contributed by atoms with Gasteiger partial charge >= 0.3 is 0 Å². The molecule has 26 heavy (non-hydrogen) atoms. The molecule has 1 aromatic heterocycles. The van der Waals surface area contributed by atoms with Crippen molar-refractivity contribution in [3.8, 4) is 0 Å². The van der Waals surface area contributed by atoms with Crippen molar-refractivity contribution in [2.75, 3.05) is 25.0 Å². The Hall–Kier alpha value is -2.40. The van der Waals surface area contributed by atoms with Gasteiger partial charge in [0.05, 0.1) is 0 Å². The highest BCUT2D eigenvalue weighted by Gasteiger charge is 2.20. The first-order valence-electron chi connectivity index (χ1n) is 9.31. The van der Waals surface area contributed by atoms with Gasteiger partial charge in [-0.3, -0.25) is 4.79 Å². The van der Waals surface area contributed by atoms with E-state index in [2.05, 4.69) is 52.6 Å². The molecule has 2 heterocycles. The van der Waals surface area contributed by atoms with E-state index in [1.807, 2.05) is 23.2 Å². The predicted molar refractivity (Wildman–Crippen MR) is 105 cm³/mol. The summed E-state index contributed by atoms with van der Waals surface area (Å²) in [7, 11) is 2.09. The summed E-state index contributed by atoms with van der Waals surface area (Å²) >= 11 is 0. The lowest BCUT2D eigenvalue weighted by molar-refractivity contribution is -0.129. The van der Waals surface area contributed by atoms with Crippen LogP contribution in [0.25, 0.3) is 0 Å². The van der Waals surface area contributed by atoms with Crippen molar-refractivity contribution in [3.05, 3.63) is 59.8 Å². The molecule has 0 bridgehead atoms. The second-order valence-electron chi connectivity index (χ2n) is 6.99. The van der Waals surface area contributed by atoms with Crippen LogP contribution in [-0.4, -0.2) is 42.0 Å². The number of likely N-dealkylation sites (tertiary alicyclic amines) is 1. The van der Waals surface area contributed by atoms with Crippen molar-refractivity contribution in [2.45, 2.75) is 38.9 Å². The second-order valence-corrected chi connectivity index (χ2v) is 6.99. The molecule has 5 heteroatoms. The summed E-state index contributed by atoms with van der Waals surface area (Å²) < 4.78 is 0. The molecule has 0 atom stereocenters. The zero-order valence-electron chi connectivity index (χ0n) is 15.7. The molecule has 5 nitrogen and oxygen atoms in total. The Balaban J connectivity index is 1.58. The van der Waals surface area contributed by atoms with Crippen molar-refractivity contribution < 1.29 is 4.79 Å². The lowest BCUT2D eigenvalue weighted by Gasteiger charge is -2.32. The van der Waals surface area contributed by atoms with Crippen LogP contribution in [0.1, 0.15) is 30.9 Å². The number of hydrogen-bond acceptors (Lipinski definition) is 4. The van der Waals surface area contributed by atoms with Gasteiger partial charge in [0.25, 0.3) is 0 Å². The van der Waals surface area contributed by atoms with Crippen LogP contribution in [0, 0.1) is 0 Å². The number of carbonyl (C=O) groups excluding carboxylic acids is 1. The number of amides is 1. The zero-order valence-corrected chi connectivity index (χ0v) is 15.7. The Kier molecular flexibility index (Phi) is 6.23. The minimum absolute atomic E-state index is 0.181. The van der Waals surface area contributed by atoms with E-state index in [0.29, 0.717) is 6.04 Å². The Labute approximate surface area is 156 Å². The summed E-state index contributed by atoms with van der Waals surface area (Å²) in [4.78, 5) is 20.2. The van der Waals surface area contributed by atoms with E-state index < -0.39 is 0 Å². The average molecular weight is 352 g/mol. The van der Waals surface area contributed by atoms with Gasteiger partial charge in [-0.05, 0) is 24.5 Å². The van der Waals surface area contributed by atoms with E-state index in [1.165, 1.54) is 11.1 Å². The number of carbonyl (C=O) groups is 1. The van der Waals surface area contributed by atoms with Gasteiger partial charge in [-0.25, -0.2) is 4.98 Å². The number of pyridine rings is 1. The van der Waals surface area contributed by atoms with Gasteiger partial charge in [-0.2, -0.15) is 0 Å². The molecule has 1 aliphatic rings.